The molecule has 1 saturated heterocycles. The fourth-order valence-electron chi connectivity index (χ4n) is 3.68. The molecule has 8 heteroatoms. The molecule has 4 rings (SSSR count). The van der Waals surface area contributed by atoms with Crippen molar-refractivity contribution < 1.29 is 17.5 Å². The first-order valence-electron chi connectivity index (χ1n) is 9.55. The van der Waals surface area contributed by atoms with Crippen LogP contribution in [0.25, 0.3) is 21.9 Å². The van der Waals surface area contributed by atoms with Gasteiger partial charge in [-0.2, -0.15) is 5.26 Å². The second-order valence-electron chi connectivity index (χ2n) is 7.36. The maximum absolute atomic E-state index is 13.7. The predicted octanol–water partition coefficient (Wildman–Crippen LogP) is 3.72. The van der Waals surface area contributed by atoms with E-state index in [2.05, 4.69) is 4.98 Å². The molecule has 0 aliphatic carbocycles. The summed E-state index contributed by atoms with van der Waals surface area (Å²) in [5.74, 6) is 0.0802. The molecule has 0 bridgehead atoms. The highest BCUT2D eigenvalue weighted by atomic mass is 32.2. The van der Waals surface area contributed by atoms with Gasteiger partial charge in [-0.05, 0) is 59.7 Å². The molecule has 0 spiro atoms. The number of benzene rings is 2. The Kier molecular flexibility index (Phi) is 5.41. The Bertz CT molecular complexity index is 1250. The molecule has 0 radical (unpaired) electrons. The van der Waals surface area contributed by atoms with Crippen LogP contribution in [-0.4, -0.2) is 43.2 Å². The highest BCUT2D eigenvalue weighted by Gasteiger charge is 2.26. The largest absolute Gasteiger partial charge is 0.490 e. The minimum Gasteiger partial charge on any atom is -0.490 e. The summed E-state index contributed by atoms with van der Waals surface area (Å²) in [5.41, 5.74) is 1.50. The summed E-state index contributed by atoms with van der Waals surface area (Å²) in [5, 5.41) is 10.9. The van der Waals surface area contributed by atoms with E-state index in [1.807, 2.05) is 24.3 Å². The number of sulfonamides is 1. The fourth-order valence-corrected chi connectivity index (χ4v) is 4.56. The Morgan fingerprint density at radius 1 is 1.17 bits per heavy atom. The summed E-state index contributed by atoms with van der Waals surface area (Å²) >= 11 is 0. The van der Waals surface area contributed by atoms with E-state index in [9.17, 15) is 12.8 Å². The van der Waals surface area contributed by atoms with Gasteiger partial charge in [-0.3, -0.25) is 4.98 Å². The first kappa shape index (κ1) is 20.3. The second kappa shape index (κ2) is 8.01. The Morgan fingerprint density at radius 2 is 1.93 bits per heavy atom. The van der Waals surface area contributed by atoms with Crippen LogP contribution in [-0.2, 0) is 10.0 Å². The summed E-state index contributed by atoms with van der Waals surface area (Å²) in [4.78, 5) is 4.19. The van der Waals surface area contributed by atoms with Crippen LogP contribution in [0.3, 0.4) is 0 Å². The van der Waals surface area contributed by atoms with Gasteiger partial charge in [-0.25, -0.2) is 17.1 Å². The Hall–Kier alpha value is -3.02. The number of ether oxygens (including phenoxy) is 1. The van der Waals surface area contributed by atoms with Crippen LogP contribution in [0.1, 0.15) is 18.4 Å². The SMILES string of the molecule is CS(=O)(=O)N1CCC(Oc2cc(-c3ccc(F)c(C#N)c3)cc3ccncc23)CC1. The Balaban J connectivity index is 1.67. The van der Waals surface area contributed by atoms with Crippen molar-refractivity contribution in [2.45, 2.75) is 18.9 Å². The van der Waals surface area contributed by atoms with Gasteiger partial charge in [0.25, 0.3) is 0 Å². The molecular weight excluding hydrogens is 405 g/mol. The minimum absolute atomic E-state index is 0.0158. The maximum Gasteiger partial charge on any atom is 0.211 e. The normalized spacial score (nSPS) is 15.8. The molecule has 2 heterocycles. The molecule has 1 fully saturated rings. The summed E-state index contributed by atoms with van der Waals surface area (Å²) in [6, 6.07) is 12.0. The third-order valence-electron chi connectivity index (χ3n) is 5.30. The second-order valence-corrected chi connectivity index (χ2v) is 9.34. The van der Waals surface area contributed by atoms with Crippen LogP contribution >= 0.6 is 0 Å². The molecule has 6 nitrogen and oxygen atoms in total. The van der Waals surface area contributed by atoms with Crippen LogP contribution in [0.5, 0.6) is 5.75 Å². The molecule has 1 aliphatic rings. The lowest BCUT2D eigenvalue weighted by atomic mass is 9.99. The van der Waals surface area contributed by atoms with E-state index in [1.54, 1.807) is 18.5 Å². The Labute approximate surface area is 174 Å². The number of pyridine rings is 1. The first-order chi connectivity index (χ1) is 14.3. The smallest absolute Gasteiger partial charge is 0.211 e. The summed E-state index contributed by atoms with van der Waals surface area (Å²) < 4.78 is 44.9. The highest BCUT2D eigenvalue weighted by molar-refractivity contribution is 7.88. The zero-order valence-electron chi connectivity index (χ0n) is 16.4. The lowest BCUT2D eigenvalue weighted by Gasteiger charge is -2.30. The van der Waals surface area contributed by atoms with Gasteiger partial charge >= 0.3 is 0 Å². The van der Waals surface area contributed by atoms with Crippen LogP contribution in [0, 0.1) is 17.1 Å². The molecule has 0 amide bonds. The number of hydrogen-bond acceptors (Lipinski definition) is 5. The number of hydrogen-bond donors (Lipinski definition) is 0. The van der Waals surface area contributed by atoms with E-state index < -0.39 is 15.8 Å². The number of piperidine rings is 1. The summed E-state index contributed by atoms with van der Waals surface area (Å²) in [6.07, 6.45) is 5.69. The topological polar surface area (TPSA) is 83.3 Å². The van der Waals surface area contributed by atoms with Gasteiger partial charge in [0.15, 0.2) is 0 Å². The number of aromatic nitrogens is 1. The number of nitriles is 1. The van der Waals surface area contributed by atoms with E-state index in [1.165, 1.54) is 22.7 Å². The zero-order valence-corrected chi connectivity index (χ0v) is 17.2. The van der Waals surface area contributed by atoms with Crippen molar-refractivity contribution in [2.75, 3.05) is 19.3 Å². The van der Waals surface area contributed by atoms with Crippen molar-refractivity contribution in [3.05, 3.63) is 60.2 Å². The van der Waals surface area contributed by atoms with Crippen LogP contribution in [0.15, 0.2) is 48.8 Å². The van der Waals surface area contributed by atoms with Crippen molar-refractivity contribution in [3.63, 3.8) is 0 Å². The molecule has 0 saturated carbocycles. The van der Waals surface area contributed by atoms with Gasteiger partial charge in [-0.1, -0.05) is 6.07 Å². The van der Waals surface area contributed by atoms with Gasteiger partial charge in [0.05, 0.1) is 11.8 Å². The predicted molar refractivity (Wildman–Crippen MR) is 112 cm³/mol. The highest BCUT2D eigenvalue weighted by Crippen LogP contribution is 2.34. The molecule has 1 aliphatic heterocycles. The minimum atomic E-state index is -3.20. The number of nitrogens with zero attached hydrogens (tertiary/aromatic N) is 3. The quantitative estimate of drug-likeness (QED) is 0.636. The van der Waals surface area contributed by atoms with Crippen molar-refractivity contribution in [1.82, 2.24) is 9.29 Å². The average molecular weight is 425 g/mol. The standard InChI is InChI=1S/C22H20FN3O3S/c1-30(27,28)26-8-5-19(6-9-26)29-22-12-17(11-16-4-7-25-14-20(16)22)15-2-3-21(23)18(10-15)13-24/h2-4,7,10-12,14,19H,5-6,8-9H2,1H3. The monoisotopic (exact) mass is 425 g/mol. The zero-order chi connectivity index (χ0) is 21.3. The number of halogens is 1. The number of rotatable bonds is 4. The average Bonchev–Trinajstić information content (AvgIpc) is 2.74. The van der Waals surface area contributed by atoms with Crippen molar-refractivity contribution >= 4 is 20.8 Å². The lowest BCUT2D eigenvalue weighted by molar-refractivity contribution is 0.137. The third-order valence-corrected chi connectivity index (χ3v) is 6.60. The number of fused-ring (bicyclic) bond motifs is 1. The van der Waals surface area contributed by atoms with Gasteiger partial charge in [0, 0.05) is 30.9 Å². The molecular formula is C22H20FN3O3S. The third kappa shape index (κ3) is 4.13. The molecule has 3 aromatic rings. The molecule has 0 atom stereocenters. The lowest BCUT2D eigenvalue weighted by Crippen LogP contribution is -2.41. The van der Waals surface area contributed by atoms with Crippen LogP contribution in [0.4, 0.5) is 4.39 Å². The molecule has 30 heavy (non-hydrogen) atoms. The fraction of sp³-hybridized carbons (Fsp3) is 0.273. The Morgan fingerprint density at radius 3 is 2.63 bits per heavy atom. The van der Waals surface area contributed by atoms with E-state index in [0.29, 0.717) is 37.2 Å². The summed E-state index contributed by atoms with van der Waals surface area (Å²) in [7, 11) is -3.20. The van der Waals surface area contributed by atoms with Crippen molar-refractivity contribution in [1.29, 1.82) is 5.26 Å². The van der Waals surface area contributed by atoms with Gasteiger partial charge in [-0.15, -0.1) is 0 Å². The molecule has 0 N–H and O–H groups in total. The maximum atomic E-state index is 13.7. The van der Waals surface area contributed by atoms with E-state index in [-0.39, 0.29) is 11.7 Å². The summed E-state index contributed by atoms with van der Waals surface area (Å²) in [6.45, 7) is 0.839. The molecule has 2 aromatic carbocycles. The van der Waals surface area contributed by atoms with Gasteiger partial charge < -0.3 is 4.74 Å². The van der Waals surface area contributed by atoms with Gasteiger partial charge in [0.2, 0.25) is 10.0 Å². The van der Waals surface area contributed by atoms with Crippen molar-refractivity contribution in [3.8, 4) is 22.9 Å². The first-order valence-corrected chi connectivity index (χ1v) is 11.4. The molecule has 1 aromatic heterocycles. The molecule has 154 valence electrons. The van der Waals surface area contributed by atoms with E-state index >= 15 is 0 Å². The van der Waals surface area contributed by atoms with Crippen LogP contribution < -0.4 is 4.74 Å². The van der Waals surface area contributed by atoms with Crippen LogP contribution in [0.2, 0.25) is 0 Å². The molecule has 0 unspecified atom stereocenters. The van der Waals surface area contributed by atoms with Crippen molar-refractivity contribution in [2.24, 2.45) is 0 Å². The van der Waals surface area contributed by atoms with Gasteiger partial charge in [0.1, 0.15) is 23.7 Å². The van der Waals surface area contributed by atoms with E-state index in [0.717, 1.165) is 16.3 Å². The van der Waals surface area contributed by atoms with E-state index in [4.69, 9.17) is 10.00 Å².